The summed E-state index contributed by atoms with van der Waals surface area (Å²) >= 11 is 4.24. The van der Waals surface area contributed by atoms with Crippen LogP contribution in [0.2, 0.25) is 0 Å². The number of nitrogens with zero attached hydrogens (tertiary/aromatic N) is 3. The van der Waals surface area contributed by atoms with Crippen LogP contribution < -0.4 is 14.5 Å². The van der Waals surface area contributed by atoms with E-state index in [1.54, 1.807) is 79.3 Å². The van der Waals surface area contributed by atoms with E-state index in [-0.39, 0.29) is 56.4 Å². The van der Waals surface area contributed by atoms with Crippen LogP contribution in [0.4, 0.5) is 0 Å². The number of ether oxygens (including phenoxy) is 6. The maximum Gasteiger partial charge on any atom is 0.296 e. The number of hydrogen-bond acceptors (Lipinski definition) is 20. The number of halogens is 2. The molecule has 0 amide bonds. The lowest BCUT2D eigenvalue weighted by molar-refractivity contribution is -0.697. The second kappa shape index (κ2) is 50.9. The van der Waals surface area contributed by atoms with Gasteiger partial charge in [-0.15, -0.1) is 0 Å². The summed E-state index contributed by atoms with van der Waals surface area (Å²) in [5.74, 6) is 1.24. The van der Waals surface area contributed by atoms with Crippen molar-refractivity contribution in [3.63, 3.8) is 0 Å². The van der Waals surface area contributed by atoms with E-state index >= 15 is 0 Å². The monoisotopic (exact) mass is 1790 g/mol. The molecule has 109 heavy (non-hydrogen) atoms. The highest BCUT2D eigenvalue weighted by Gasteiger charge is 2.30. The van der Waals surface area contributed by atoms with E-state index in [4.69, 9.17) is 37.0 Å². The number of aldehydes is 1. The molecule has 9 heterocycles. The Morgan fingerprint density at radius 3 is 1.18 bits per heavy atom. The number of aromatic nitrogens is 3. The van der Waals surface area contributed by atoms with Crippen LogP contribution in [0.5, 0.6) is 0 Å². The number of unbranched alkanes of at least 4 members (excludes halogenated alkanes) is 1. The molecule has 0 aliphatic carbocycles. The highest BCUT2D eigenvalue weighted by molar-refractivity contribution is 15.0. The normalized spacial score (nSPS) is 16.1. The zero-order chi connectivity index (χ0) is 80.2. The van der Waals surface area contributed by atoms with Crippen LogP contribution in [0, 0.1) is 50.9 Å². The van der Waals surface area contributed by atoms with E-state index < -0.39 is 30.4 Å². The third kappa shape index (κ3) is 43.0. The smallest absolute Gasteiger partial charge is 0.296 e. The topological polar surface area (TPSA) is 289 Å². The van der Waals surface area contributed by atoms with Gasteiger partial charge in [-0.25, -0.2) is 26.0 Å². The van der Waals surface area contributed by atoms with Crippen LogP contribution in [0.3, 0.4) is 0 Å². The van der Waals surface area contributed by atoms with Gasteiger partial charge in [0.05, 0.1) is 73.5 Å². The second-order valence-electron chi connectivity index (χ2n) is 28.9. The Bertz CT molecular complexity index is 4000. The van der Waals surface area contributed by atoms with Crippen LogP contribution in [-0.2, 0) is 76.0 Å². The molecule has 1 N–H and O–H groups in total. The van der Waals surface area contributed by atoms with Gasteiger partial charge in [-0.1, -0.05) is 107 Å². The van der Waals surface area contributed by atoms with Gasteiger partial charge in [-0.2, -0.15) is 8.42 Å². The summed E-state index contributed by atoms with van der Waals surface area (Å²) in [6.07, 6.45) is 30.3. The van der Waals surface area contributed by atoms with Gasteiger partial charge in [0.1, 0.15) is 39.1 Å². The third-order valence-corrected chi connectivity index (χ3v) is 19.4. The van der Waals surface area contributed by atoms with Crippen molar-refractivity contribution < 1.29 is 89.7 Å². The fourth-order valence-electron chi connectivity index (χ4n) is 9.89. The maximum absolute atomic E-state index is 12.0. The first-order chi connectivity index (χ1) is 51.8. The fourth-order valence-corrected chi connectivity index (χ4v) is 11.8. The first kappa shape index (κ1) is 95.4. The van der Waals surface area contributed by atoms with Crippen molar-refractivity contribution >= 4 is 86.0 Å². The molecule has 4 aliphatic rings. The number of benzene rings is 3. The van der Waals surface area contributed by atoms with Crippen molar-refractivity contribution in [3.05, 3.63) is 228 Å². The number of carbonyl (C=O) groups is 1. The molecule has 0 unspecified atom stereocenters. The maximum atomic E-state index is 12.0. The lowest BCUT2D eigenvalue weighted by Gasteiger charge is -2.34. The SMILES string of the molecule is C1CCNCC1.CC1(C)COC(CCCC[n+]2ccc(/C=C/c3ccco3)cc2)OC1.Cc1cc[n+](CCCC2OCC(C)(C)CO2)cc1.Cc1ccc(S(=O)(=O)OCCCC2OCC(C)(C)CO2)cc1.Cc1ccc(S(=O)(=O)[O-])cc1.Cc1ccc(S(=O)(=O)[O-])cc1.Cc1ccncc1.II.O=Cc1ccco1. The molecule has 0 spiro atoms. The zero-order valence-corrected chi connectivity index (χ0v) is 71.6. The summed E-state index contributed by atoms with van der Waals surface area (Å²) in [6.45, 7) is 31.7. The minimum atomic E-state index is -4.27. The standard InChI is InChI=1S/C21H28NO3.C16H24O5S.C15H24NO2.2C7H8O3S.C6H7N.C5H11N.C5H4O2.I2/c1-21(2)16-24-20(25-17-21)7-3-4-12-22-13-10-18(11-14-22)8-9-19-6-5-15-23-19;1-13-6-8-14(9-7-13)22(17,18)21-10-4-5-15-19-11-16(2,3)12-20-15;1-13-6-9-16(10-7-13)8-4-5-14-17-11-15(2,3)12-18-14;2*1-6-2-4-7(5-3-6)11(8,9)10;1-6-2-4-7-5-3-6;1-2-4-6-5-3-1;6-4-5-2-1-3-7-5;1-2/h5-6,8-11,13-15,20H,3-4,7,12,16-17H2,1-2H3;6-9,15H,4-5,10-12H2,1-3H3;6-7,9-10,14H,4-5,8,11-12H2,1-3H3;2*2-5H,1H3,(H,8,9,10);2-5H,1H3;6H,1-5H2;1-4H;/q+1;;+1;;;;;;/p-2/b9-8+;;;;;;;;. The number of pyridine rings is 3. The van der Waals surface area contributed by atoms with Crippen molar-refractivity contribution in [1.29, 1.82) is 0 Å². The first-order valence-electron chi connectivity index (χ1n) is 36.3. The summed E-state index contributed by atoms with van der Waals surface area (Å²) in [5.41, 5.74) is 6.95. The molecule has 4 aliphatic heterocycles. The van der Waals surface area contributed by atoms with Crippen molar-refractivity contribution in [3.8, 4) is 0 Å². The van der Waals surface area contributed by atoms with Gasteiger partial charge in [0.25, 0.3) is 10.1 Å². The minimum Gasteiger partial charge on any atom is -0.744 e. The molecule has 8 aromatic rings. The Morgan fingerprint density at radius 1 is 0.468 bits per heavy atom. The second-order valence-corrected chi connectivity index (χ2v) is 33.2. The quantitative estimate of drug-likeness (QED) is 0.0185. The number of piperidine rings is 1. The zero-order valence-electron chi connectivity index (χ0n) is 64.8. The average molecular weight is 1790 g/mol. The molecule has 4 saturated heterocycles. The van der Waals surface area contributed by atoms with Crippen molar-refractivity contribution in [2.45, 2.75) is 187 Å². The Labute approximate surface area is 671 Å². The van der Waals surface area contributed by atoms with E-state index in [2.05, 4.69) is 165 Å². The predicted octanol–water partition coefficient (Wildman–Crippen LogP) is 16.5. The van der Waals surface area contributed by atoms with Crippen LogP contribution >= 0.6 is 37.2 Å². The molecule has 600 valence electrons. The molecule has 0 bridgehead atoms. The van der Waals surface area contributed by atoms with Gasteiger partial charge in [0.15, 0.2) is 55.7 Å². The summed E-state index contributed by atoms with van der Waals surface area (Å²) in [7, 11) is -12.2. The highest BCUT2D eigenvalue weighted by atomic mass is 128. The number of hydrogen-bond donors (Lipinski definition) is 1. The predicted molar refractivity (Wildman–Crippen MR) is 437 cm³/mol. The molecule has 27 heteroatoms. The lowest BCUT2D eigenvalue weighted by atomic mass is 9.95. The Kier molecular flexibility index (Phi) is 44.5. The number of furan rings is 2. The molecule has 4 fully saturated rings. The van der Waals surface area contributed by atoms with Crippen molar-refractivity contribution in [2.75, 3.05) is 59.3 Å². The first-order valence-corrected chi connectivity index (χ1v) is 46.9. The highest BCUT2D eigenvalue weighted by Crippen LogP contribution is 2.28. The molecule has 12 rings (SSSR count). The van der Waals surface area contributed by atoms with Gasteiger partial charge >= 0.3 is 0 Å². The molecule has 0 saturated carbocycles. The number of aryl methyl sites for hydroxylation is 7. The molecular weight excluding hydrogens is 1680 g/mol. The number of rotatable bonds is 20. The van der Waals surface area contributed by atoms with Crippen LogP contribution in [0.25, 0.3) is 12.2 Å². The van der Waals surface area contributed by atoms with E-state index in [0.717, 1.165) is 94.1 Å². The Balaban J connectivity index is 0.000000274. The lowest BCUT2D eigenvalue weighted by Crippen LogP contribution is -2.38. The van der Waals surface area contributed by atoms with Gasteiger partial charge in [-0.05, 0) is 175 Å². The Hall–Kier alpha value is -6.01. The largest absolute Gasteiger partial charge is 0.744 e. The van der Waals surface area contributed by atoms with Crippen molar-refractivity contribution in [2.24, 2.45) is 16.2 Å². The molecule has 0 atom stereocenters. The minimum absolute atomic E-state index is 0.0101. The van der Waals surface area contributed by atoms with Gasteiger partial charge < -0.3 is 51.7 Å². The average Bonchev–Trinajstić information content (AvgIpc) is 1.09. The molecule has 5 aromatic heterocycles. The van der Waals surface area contributed by atoms with E-state index in [1.807, 2.05) is 58.0 Å². The Morgan fingerprint density at radius 2 is 0.835 bits per heavy atom. The molecule has 22 nitrogen and oxygen atoms in total. The summed E-state index contributed by atoms with van der Waals surface area (Å²) in [6, 6.07) is 37.7. The summed E-state index contributed by atoms with van der Waals surface area (Å²) < 4.78 is 140. The molecule has 0 radical (unpaired) electrons. The van der Waals surface area contributed by atoms with E-state index in [9.17, 15) is 39.2 Å². The number of carbonyl (C=O) groups excluding carboxylic acids is 1. The molecule has 3 aromatic carbocycles. The van der Waals surface area contributed by atoms with Gasteiger partial charge in [0.2, 0.25) is 0 Å². The fraction of sp³-hybridized carbons (Fsp3) is 0.463. The van der Waals surface area contributed by atoms with Gasteiger partial charge in [-0.3, -0.25) is 14.0 Å². The third-order valence-electron chi connectivity index (χ3n) is 16.3. The van der Waals surface area contributed by atoms with Crippen LogP contribution in [0.15, 0.2) is 207 Å². The van der Waals surface area contributed by atoms with Crippen molar-refractivity contribution in [1.82, 2.24) is 10.3 Å². The summed E-state index contributed by atoms with van der Waals surface area (Å²) in [4.78, 5) is 13.4. The van der Waals surface area contributed by atoms with Crippen LogP contribution in [0.1, 0.15) is 155 Å². The molecular formula is C82H112I2N4O18S3. The van der Waals surface area contributed by atoms with E-state index in [0.29, 0.717) is 38.1 Å². The van der Waals surface area contributed by atoms with E-state index in [1.165, 1.54) is 79.6 Å². The van der Waals surface area contributed by atoms with Gasteiger partial charge in [0, 0.05) is 116 Å². The van der Waals surface area contributed by atoms with Crippen LogP contribution in [-0.4, -0.2) is 124 Å². The number of nitrogens with one attached hydrogen (secondary N) is 1. The summed E-state index contributed by atoms with van der Waals surface area (Å²) in [5, 5.41) is 3.28.